The molecule has 0 saturated carbocycles. The third-order valence-electron chi connectivity index (χ3n) is 3.77. The minimum Gasteiger partial charge on any atom is -0.497 e. The highest BCUT2D eigenvalue weighted by molar-refractivity contribution is 7.92. The summed E-state index contributed by atoms with van der Waals surface area (Å²) in [5.41, 5.74) is 0.449. The zero-order valence-corrected chi connectivity index (χ0v) is 15.7. The first-order valence-electron chi connectivity index (χ1n) is 8.09. The number of hydrogen-bond donors (Lipinski definition) is 1. The summed E-state index contributed by atoms with van der Waals surface area (Å²) in [5.74, 6) is 2.29. The number of methoxy groups -OCH3 is 2. The van der Waals surface area contributed by atoms with E-state index < -0.39 is 10.0 Å². The van der Waals surface area contributed by atoms with Crippen molar-refractivity contribution in [1.82, 2.24) is 0 Å². The molecule has 3 rings (SSSR count). The number of para-hydroxylation sites is 2. The van der Waals surface area contributed by atoms with Crippen molar-refractivity contribution in [2.75, 3.05) is 18.9 Å². The Bertz CT molecular complexity index is 999. The lowest BCUT2D eigenvalue weighted by molar-refractivity contribution is 0.379. The van der Waals surface area contributed by atoms with E-state index in [1.807, 2.05) is 12.1 Å². The minimum absolute atomic E-state index is 0.130. The SMILES string of the molecule is COc1ccc(NS(=O)(=O)c2ccc(Oc3ccccc3OC)cc2)cc1. The lowest BCUT2D eigenvalue weighted by Gasteiger charge is -2.11. The average Bonchev–Trinajstić information content (AvgIpc) is 2.69. The van der Waals surface area contributed by atoms with Crippen LogP contribution in [0.3, 0.4) is 0 Å². The van der Waals surface area contributed by atoms with E-state index in [1.54, 1.807) is 62.8 Å². The van der Waals surface area contributed by atoms with Gasteiger partial charge in [0.1, 0.15) is 11.5 Å². The van der Waals surface area contributed by atoms with Crippen LogP contribution in [0.25, 0.3) is 0 Å². The van der Waals surface area contributed by atoms with Gasteiger partial charge in [0.2, 0.25) is 0 Å². The number of hydrogen-bond acceptors (Lipinski definition) is 5. The Hall–Kier alpha value is -3.19. The molecule has 6 nitrogen and oxygen atoms in total. The lowest BCUT2D eigenvalue weighted by atomic mass is 10.3. The van der Waals surface area contributed by atoms with Gasteiger partial charge in [-0.3, -0.25) is 4.72 Å². The Morgan fingerprint density at radius 1 is 0.704 bits per heavy atom. The highest BCUT2D eigenvalue weighted by atomic mass is 32.2. The first-order valence-corrected chi connectivity index (χ1v) is 9.58. The maximum absolute atomic E-state index is 12.5. The first-order chi connectivity index (χ1) is 13.0. The Kier molecular flexibility index (Phi) is 5.52. The Labute approximate surface area is 158 Å². The summed E-state index contributed by atoms with van der Waals surface area (Å²) >= 11 is 0. The van der Waals surface area contributed by atoms with Gasteiger partial charge in [0, 0.05) is 5.69 Å². The molecule has 7 heteroatoms. The van der Waals surface area contributed by atoms with Gasteiger partial charge in [-0.05, 0) is 60.7 Å². The molecule has 140 valence electrons. The molecule has 0 aliphatic carbocycles. The van der Waals surface area contributed by atoms with Crippen LogP contribution >= 0.6 is 0 Å². The highest BCUT2D eigenvalue weighted by Crippen LogP contribution is 2.31. The number of anilines is 1. The van der Waals surface area contributed by atoms with Gasteiger partial charge in [-0.25, -0.2) is 8.42 Å². The molecular formula is C20H19NO5S. The van der Waals surface area contributed by atoms with Gasteiger partial charge in [-0.1, -0.05) is 12.1 Å². The third-order valence-corrected chi connectivity index (χ3v) is 5.17. The smallest absolute Gasteiger partial charge is 0.261 e. The van der Waals surface area contributed by atoms with Crippen LogP contribution in [0.5, 0.6) is 23.0 Å². The third kappa shape index (κ3) is 4.51. The molecule has 0 aliphatic rings. The minimum atomic E-state index is -3.71. The second-order valence-corrected chi connectivity index (χ2v) is 7.24. The molecule has 0 heterocycles. The van der Waals surface area contributed by atoms with E-state index in [9.17, 15) is 8.42 Å². The van der Waals surface area contributed by atoms with Crippen molar-refractivity contribution in [2.24, 2.45) is 0 Å². The maximum Gasteiger partial charge on any atom is 0.261 e. The van der Waals surface area contributed by atoms with Crippen molar-refractivity contribution >= 4 is 15.7 Å². The van der Waals surface area contributed by atoms with Crippen LogP contribution in [-0.4, -0.2) is 22.6 Å². The average molecular weight is 385 g/mol. The van der Waals surface area contributed by atoms with Crippen LogP contribution in [0, 0.1) is 0 Å². The van der Waals surface area contributed by atoms with Gasteiger partial charge in [-0.2, -0.15) is 0 Å². The van der Waals surface area contributed by atoms with Crippen LogP contribution in [-0.2, 0) is 10.0 Å². The van der Waals surface area contributed by atoms with E-state index in [0.29, 0.717) is 28.7 Å². The molecule has 0 fully saturated rings. The predicted octanol–water partition coefficient (Wildman–Crippen LogP) is 4.30. The van der Waals surface area contributed by atoms with E-state index >= 15 is 0 Å². The van der Waals surface area contributed by atoms with Gasteiger partial charge < -0.3 is 14.2 Å². The van der Waals surface area contributed by atoms with Gasteiger partial charge in [0.05, 0.1) is 19.1 Å². The van der Waals surface area contributed by atoms with Gasteiger partial charge in [0.15, 0.2) is 11.5 Å². The normalized spacial score (nSPS) is 10.9. The molecule has 0 saturated heterocycles. The van der Waals surface area contributed by atoms with Crippen molar-refractivity contribution in [3.8, 4) is 23.0 Å². The molecule has 0 bridgehead atoms. The largest absolute Gasteiger partial charge is 0.497 e. The zero-order chi connectivity index (χ0) is 19.3. The van der Waals surface area contributed by atoms with Crippen molar-refractivity contribution < 1.29 is 22.6 Å². The lowest BCUT2D eigenvalue weighted by Crippen LogP contribution is -2.12. The van der Waals surface area contributed by atoms with E-state index in [0.717, 1.165) is 0 Å². The molecule has 3 aromatic rings. The van der Waals surface area contributed by atoms with Crippen LogP contribution < -0.4 is 18.9 Å². The quantitative estimate of drug-likeness (QED) is 0.656. The number of nitrogens with one attached hydrogen (secondary N) is 1. The fourth-order valence-electron chi connectivity index (χ4n) is 2.39. The summed E-state index contributed by atoms with van der Waals surface area (Å²) < 4.78 is 43.6. The molecule has 0 aliphatic heterocycles. The molecular weight excluding hydrogens is 366 g/mol. The van der Waals surface area contributed by atoms with E-state index in [4.69, 9.17) is 14.2 Å². The molecule has 0 atom stereocenters. The van der Waals surface area contributed by atoms with Gasteiger partial charge in [-0.15, -0.1) is 0 Å². The van der Waals surface area contributed by atoms with E-state index in [1.165, 1.54) is 12.1 Å². The summed E-state index contributed by atoms with van der Waals surface area (Å²) in [6.07, 6.45) is 0. The Morgan fingerprint density at radius 2 is 1.30 bits per heavy atom. The first kappa shape index (κ1) is 18.6. The summed E-state index contributed by atoms with van der Waals surface area (Å²) in [6, 6.07) is 20.0. The molecule has 0 aromatic heterocycles. The second-order valence-electron chi connectivity index (χ2n) is 5.56. The molecule has 0 spiro atoms. The zero-order valence-electron chi connectivity index (χ0n) is 14.9. The fraction of sp³-hybridized carbons (Fsp3) is 0.100. The van der Waals surface area contributed by atoms with Crippen LogP contribution in [0.2, 0.25) is 0 Å². The highest BCUT2D eigenvalue weighted by Gasteiger charge is 2.14. The van der Waals surface area contributed by atoms with Crippen LogP contribution in [0.1, 0.15) is 0 Å². The topological polar surface area (TPSA) is 73.9 Å². The van der Waals surface area contributed by atoms with Crippen LogP contribution in [0.15, 0.2) is 77.7 Å². The molecule has 1 N–H and O–H groups in total. The summed E-state index contributed by atoms with van der Waals surface area (Å²) in [7, 11) is -0.599. The monoisotopic (exact) mass is 385 g/mol. The fourth-order valence-corrected chi connectivity index (χ4v) is 3.45. The molecule has 0 amide bonds. The number of benzene rings is 3. The number of rotatable bonds is 7. The van der Waals surface area contributed by atoms with E-state index in [-0.39, 0.29) is 4.90 Å². The summed E-state index contributed by atoms with van der Waals surface area (Å²) in [5, 5.41) is 0. The standard InChI is InChI=1S/C20H19NO5S/c1-24-16-9-7-15(8-10-16)21-27(22,23)18-13-11-17(12-14-18)26-20-6-4-3-5-19(20)25-2/h3-14,21H,1-2H3. The van der Waals surface area contributed by atoms with Crippen molar-refractivity contribution in [2.45, 2.75) is 4.90 Å². The summed E-state index contributed by atoms with van der Waals surface area (Å²) in [4.78, 5) is 0.130. The Morgan fingerprint density at radius 3 is 1.89 bits per heavy atom. The Balaban J connectivity index is 1.75. The molecule has 0 unspecified atom stereocenters. The van der Waals surface area contributed by atoms with Gasteiger partial charge in [0.25, 0.3) is 10.0 Å². The van der Waals surface area contributed by atoms with Gasteiger partial charge >= 0.3 is 0 Å². The maximum atomic E-state index is 12.5. The number of ether oxygens (including phenoxy) is 3. The van der Waals surface area contributed by atoms with Crippen molar-refractivity contribution in [3.05, 3.63) is 72.8 Å². The number of sulfonamides is 1. The molecule has 0 radical (unpaired) electrons. The summed E-state index contributed by atoms with van der Waals surface area (Å²) in [6.45, 7) is 0. The second kappa shape index (κ2) is 8.01. The van der Waals surface area contributed by atoms with E-state index in [2.05, 4.69) is 4.72 Å². The van der Waals surface area contributed by atoms with Crippen LogP contribution in [0.4, 0.5) is 5.69 Å². The predicted molar refractivity (Wildman–Crippen MR) is 103 cm³/mol. The van der Waals surface area contributed by atoms with Crippen molar-refractivity contribution in [1.29, 1.82) is 0 Å². The van der Waals surface area contributed by atoms with Crippen molar-refractivity contribution in [3.63, 3.8) is 0 Å². The molecule has 27 heavy (non-hydrogen) atoms. The molecule has 3 aromatic carbocycles.